The summed E-state index contributed by atoms with van der Waals surface area (Å²) in [6.45, 7) is 4.87. The van der Waals surface area contributed by atoms with E-state index in [2.05, 4.69) is 19.2 Å². The standard InChI is InChI=1S/C41H85N2O6P/c1-6-8-10-12-14-16-17-18-19-20-21-22-23-24-25-26-27-29-31-33-35-41(45)42-39(38-49-50(46,47)48-37-36-43(3,4)5)40(44)34-32-30-28-15-13-11-9-7-2/h39-40,44H,6-38H2,1-5H3,(H-,42,45,46,47)/p+1. The highest BCUT2D eigenvalue weighted by Gasteiger charge is 2.28. The number of carbonyl (C=O) groups is 1. The number of likely N-dealkylation sites (N-methyl/N-ethyl adjacent to an activating group) is 1. The molecule has 0 aromatic heterocycles. The zero-order valence-electron chi connectivity index (χ0n) is 33.9. The Hall–Kier alpha value is -0.500. The maximum atomic E-state index is 12.8. The van der Waals surface area contributed by atoms with Gasteiger partial charge >= 0.3 is 7.82 Å². The van der Waals surface area contributed by atoms with Crippen molar-refractivity contribution >= 4 is 13.7 Å². The summed E-state index contributed by atoms with van der Waals surface area (Å²) in [7, 11) is 1.62. The number of nitrogens with one attached hydrogen (secondary N) is 1. The maximum absolute atomic E-state index is 12.8. The fourth-order valence-corrected chi connectivity index (χ4v) is 7.13. The van der Waals surface area contributed by atoms with Crippen molar-refractivity contribution in [1.29, 1.82) is 0 Å². The molecule has 0 rings (SSSR count). The van der Waals surface area contributed by atoms with Crippen molar-refractivity contribution in [2.75, 3.05) is 40.9 Å². The van der Waals surface area contributed by atoms with Crippen molar-refractivity contribution in [3.05, 3.63) is 0 Å². The molecular formula is C41H86N2O6P+. The predicted octanol–water partition coefficient (Wildman–Crippen LogP) is 11.4. The van der Waals surface area contributed by atoms with Gasteiger partial charge in [-0.25, -0.2) is 4.57 Å². The average molecular weight is 734 g/mol. The summed E-state index contributed by atoms with van der Waals surface area (Å²) in [5.41, 5.74) is 0. The van der Waals surface area contributed by atoms with Crippen LogP contribution in [0.15, 0.2) is 0 Å². The van der Waals surface area contributed by atoms with Crippen LogP contribution in [0.4, 0.5) is 0 Å². The number of quaternary nitrogens is 1. The molecule has 0 saturated heterocycles. The van der Waals surface area contributed by atoms with Gasteiger partial charge in [-0.3, -0.25) is 13.8 Å². The molecule has 0 heterocycles. The molecule has 0 fully saturated rings. The lowest BCUT2D eigenvalue weighted by Crippen LogP contribution is -2.46. The zero-order valence-corrected chi connectivity index (χ0v) is 34.8. The van der Waals surface area contributed by atoms with Crippen molar-refractivity contribution in [3.8, 4) is 0 Å². The molecule has 0 aliphatic rings. The topological polar surface area (TPSA) is 105 Å². The monoisotopic (exact) mass is 734 g/mol. The van der Waals surface area contributed by atoms with Gasteiger partial charge in [-0.05, 0) is 12.8 Å². The number of aliphatic hydroxyl groups is 1. The molecule has 3 N–H and O–H groups in total. The molecule has 0 bridgehead atoms. The van der Waals surface area contributed by atoms with Crippen LogP contribution in [0.25, 0.3) is 0 Å². The number of hydrogen-bond donors (Lipinski definition) is 3. The molecule has 1 amide bonds. The number of rotatable bonds is 39. The molecule has 50 heavy (non-hydrogen) atoms. The second-order valence-corrected chi connectivity index (χ2v) is 17.5. The van der Waals surface area contributed by atoms with E-state index in [-0.39, 0.29) is 19.1 Å². The fourth-order valence-electron chi connectivity index (χ4n) is 6.40. The zero-order chi connectivity index (χ0) is 37.2. The summed E-state index contributed by atoms with van der Waals surface area (Å²) in [5, 5.41) is 13.8. The first-order chi connectivity index (χ1) is 24.0. The molecule has 8 nitrogen and oxygen atoms in total. The summed E-state index contributed by atoms with van der Waals surface area (Å²) in [6, 6.07) is -0.750. The highest BCUT2D eigenvalue weighted by molar-refractivity contribution is 7.47. The lowest BCUT2D eigenvalue weighted by Gasteiger charge is -2.26. The van der Waals surface area contributed by atoms with Crippen molar-refractivity contribution in [3.63, 3.8) is 0 Å². The first-order valence-electron chi connectivity index (χ1n) is 21.4. The molecule has 0 aliphatic carbocycles. The molecule has 0 radical (unpaired) electrons. The van der Waals surface area contributed by atoms with E-state index < -0.39 is 20.0 Å². The Kier molecular flexibility index (Phi) is 33.9. The van der Waals surface area contributed by atoms with E-state index in [0.717, 1.165) is 38.5 Å². The summed E-state index contributed by atoms with van der Waals surface area (Å²) in [6.07, 6.45) is 35.7. The van der Waals surface area contributed by atoms with Crippen LogP contribution in [0.5, 0.6) is 0 Å². The summed E-state index contributed by atoms with van der Waals surface area (Å²) >= 11 is 0. The molecule has 0 aromatic carbocycles. The van der Waals surface area contributed by atoms with Crippen LogP contribution >= 0.6 is 7.82 Å². The van der Waals surface area contributed by atoms with Gasteiger partial charge in [-0.15, -0.1) is 0 Å². The molecule has 300 valence electrons. The van der Waals surface area contributed by atoms with Gasteiger partial charge in [0.1, 0.15) is 13.2 Å². The molecular weight excluding hydrogens is 647 g/mol. The van der Waals surface area contributed by atoms with E-state index in [1.165, 1.54) is 141 Å². The van der Waals surface area contributed by atoms with E-state index >= 15 is 0 Å². The number of phosphoric ester groups is 1. The minimum absolute atomic E-state index is 0.0779. The quantitative estimate of drug-likeness (QED) is 0.0330. The van der Waals surface area contributed by atoms with Gasteiger partial charge < -0.3 is 19.8 Å². The molecule has 3 atom stereocenters. The van der Waals surface area contributed by atoms with Gasteiger partial charge in [-0.1, -0.05) is 187 Å². The Labute approximate surface area is 310 Å². The minimum Gasteiger partial charge on any atom is -0.391 e. The largest absolute Gasteiger partial charge is 0.472 e. The average Bonchev–Trinajstić information content (AvgIpc) is 3.06. The highest BCUT2D eigenvalue weighted by atomic mass is 31.2. The normalized spacial score (nSPS) is 14.5. The third kappa shape index (κ3) is 35.9. The molecule has 0 aliphatic heterocycles. The Bertz CT molecular complexity index is 794. The van der Waals surface area contributed by atoms with Crippen LogP contribution in [0.3, 0.4) is 0 Å². The summed E-state index contributed by atoms with van der Waals surface area (Å²) in [4.78, 5) is 23.0. The van der Waals surface area contributed by atoms with Crippen molar-refractivity contribution in [1.82, 2.24) is 5.32 Å². The number of aliphatic hydroxyl groups excluding tert-OH is 1. The van der Waals surface area contributed by atoms with Crippen LogP contribution in [0, 0.1) is 0 Å². The number of phosphoric acid groups is 1. The van der Waals surface area contributed by atoms with Gasteiger partial charge in [0.2, 0.25) is 5.91 Å². The lowest BCUT2D eigenvalue weighted by atomic mass is 10.0. The fraction of sp³-hybridized carbons (Fsp3) is 0.976. The van der Waals surface area contributed by atoms with E-state index in [4.69, 9.17) is 9.05 Å². The lowest BCUT2D eigenvalue weighted by molar-refractivity contribution is -0.870. The van der Waals surface area contributed by atoms with Crippen LogP contribution in [-0.2, 0) is 18.4 Å². The van der Waals surface area contributed by atoms with Crippen molar-refractivity contribution in [2.45, 2.75) is 219 Å². The second-order valence-electron chi connectivity index (χ2n) is 16.1. The second kappa shape index (κ2) is 34.3. The van der Waals surface area contributed by atoms with E-state index in [0.29, 0.717) is 23.9 Å². The van der Waals surface area contributed by atoms with Gasteiger partial charge in [0.15, 0.2) is 0 Å². The first-order valence-corrected chi connectivity index (χ1v) is 22.9. The number of hydrogen-bond acceptors (Lipinski definition) is 5. The van der Waals surface area contributed by atoms with Crippen LogP contribution in [0.2, 0.25) is 0 Å². The first kappa shape index (κ1) is 49.5. The molecule has 3 unspecified atom stereocenters. The predicted molar refractivity (Wildman–Crippen MR) is 212 cm³/mol. The molecule has 0 aromatic rings. The molecule has 0 spiro atoms. The number of carbonyl (C=O) groups excluding carboxylic acids is 1. The van der Waals surface area contributed by atoms with Crippen molar-refractivity contribution in [2.24, 2.45) is 0 Å². The summed E-state index contributed by atoms with van der Waals surface area (Å²) in [5.74, 6) is -0.144. The van der Waals surface area contributed by atoms with Gasteiger partial charge in [-0.2, -0.15) is 0 Å². The van der Waals surface area contributed by atoms with Crippen LogP contribution in [-0.4, -0.2) is 73.4 Å². The smallest absolute Gasteiger partial charge is 0.391 e. The highest BCUT2D eigenvalue weighted by Crippen LogP contribution is 2.43. The van der Waals surface area contributed by atoms with Gasteiger partial charge in [0.05, 0.1) is 39.9 Å². The van der Waals surface area contributed by atoms with E-state index in [9.17, 15) is 19.4 Å². The van der Waals surface area contributed by atoms with Crippen molar-refractivity contribution < 1.29 is 32.9 Å². The maximum Gasteiger partial charge on any atom is 0.472 e. The van der Waals surface area contributed by atoms with Crippen LogP contribution in [0.1, 0.15) is 206 Å². The third-order valence-electron chi connectivity index (χ3n) is 9.86. The number of nitrogens with zero attached hydrogens (tertiary/aromatic N) is 1. The van der Waals surface area contributed by atoms with Gasteiger partial charge in [0.25, 0.3) is 0 Å². The number of unbranched alkanes of at least 4 members (excludes halogenated alkanes) is 26. The molecule has 9 heteroatoms. The van der Waals surface area contributed by atoms with E-state index in [1.807, 2.05) is 21.1 Å². The van der Waals surface area contributed by atoms with Gasteiger partial charge in [0, 0.05) is 6.42 Å². The Morgan fingerprint density at radius 3 is 1.34 bits per heavy atom. The Balaban J connectivity index is 4.17. The Morgan fingerprint density at radius 2 is 0.960 bits per heavy atom. The summed E-state index contributed by atoms with van der Waals surface area (Å²) < 4.78 is 23.5. The third-order valence-corrected chi connectivity index (χ3v) is 10.8. The molecule has 0 saturated carbocycles. The van der Waals surface area contributed by atoms with E-state index in [1.54, 1.807) is 0 Å². The minimum atomic E-state index is -4.30. The van der Waals surface area contributed by atoms with Crippen LogP contribution < -0.4 is 5.32 Å². The SMILES string of the molecule is CCCCCCCCCCCCCCCCCCCCCCC(=O)NC(COP(=O)(O)OCC[N+](C)(C)C)C(O)CCCCCCCCCC. The number of amides is 1. The Morgan fingerprint density at radius 1 is 0.600 bits per heavy atom.